The molecule has 88 valence electrons. The summed E-state index contributed by atoms with van der Waals surface area (Å²) in [5, 5.41) is 14.3. The Morgan fingerprint density at radius 2 is 2.06 bits per heavy atom. The normalized spacial score (nSPS) is 30.2. The Hall–Kier alpha value is -0.860. The minimum atomic E-state index is -0.671. The van der Waals surface area contributed by atoms with Crippen LogP contribution in [-0.2, 0) is 5.60 Å². The van der Waals surface area contributed by atoms with Crippen LogP contribution in [0, 0.1) is 0 Å². The van der Waals surface area contributed by atoms with Gasteiger partial charge >= 0.3 is 0 Å². The SMILES string of the molecule is CCN[C@H]1CCCC[C@]1(O)c1ccccc1. The lowest BCUT2D eigenvalue weighted by atomic mass is 9.76. The zero-order valence-corrected chi connectivity index (χ0v) is 9.95. The van der Waals surface area contributed by atoms with Crippen LogP contribution in [-0.4, -0.2) is 17.7 Å². The van der Waals surface area contributed by atoms with Crippen molar-refractivity contribution in [3.8, 4) is 0 Å². The molecule has 1 saturated carbocycles. The van der Waals surface area contributed by atoms with E-state index in [9.17, 15) is 5.11 Å². The highest BCUT2D eigenvalue weighted by Gasteiger charge is 2.39. The summed E-state index contributed by atoms with van der Waals surface area (Å²) in [6.45, 7) is 3.01. The molecule has 1 aromatic rings. The second kappa shape index (κ2) is 4.98. The van der Waals surface area contributed by atoms with Crippen LogP contribution in [0.25, 0.3) is 0 Å². The second-order valence-corrected chi connectivity index (χ2v) is 4.65. The maximum atomic E-state index is 10.9. The standard InChI is InChI=1S/C14H21NO/c1-2-15-13-10-6-7-11-14(13,16)12-8-4-3-5-9-12/h3-5,8-9,13,15-16H,2,6-7,10-11H2,1H3/t13-,14-/m0/s1. The fourth-order valence-electron chi connectivity index (χ4n) is 2.75. The maximum Gasteiger partial charge on any atom is 0.105 e. The third-order valence-corrected chi connectivity index (χ3v) is 3.60. The first-order chi connectivity index (χ1) is 7.77. The molecule has 2 heteroatoms. The van der Waals surface area contributed by atoms with Crippen LogP contribution in [0.3, 0.4) is 0 Å². The summed E-state index contributed by atoms with van der Waals surface area (Å²) < 4.78 is 0. The summed E-state index contributed by atoms with van der Waals surface area (Å²) in [6.07, 6.45) is 4.27. The number of nitrogens with one attached hydrogen (secondary N) is 1. The molecule has 0 radical (unpaired) electrons. The van der Waals surface area contributed by atoms with Crippen LogP contribution in [0.4, 0.5) is 0 Å². The van der Waals surface area contributed by atoms with Gasteiger partial charge in [-0.3, -0.25) is 0 Å². The van der Waals surface area contributed by atoms with Crippen LogP contribution in [0.1, 0.15) is 38.2 Å². The molecule has 1 aliphatic rings. The van der Waals surface area contributed by atoms with Crippen LogP contribution in [0.2, 0.25) is 0 Å². The smallest absolute Gasteiger partial charge is 0.105 e. The fraction of sp³-hybridized carbons (Fsp3) is 0.571. The number of aliphatic hydroxyl groups is 1. The highest BCUT2D eigenvalue weighted by Crippen LogP contribution is 2.37. The molecule has 0 saturated heterocycles. The van der Waals surface area contributed by atoms with Crippen molar-refractivity contribution >= 4 is 0 Å². The monoisotopic (exact) mass is 219 g/mol. The van der Waals surface area contributed by atoms with E-state index in [-0.39, 0.29) is 6.04 Å². The Balaban J connectivity index is 2.26. The van der Waals surface area contributed by atoms with Gasteiger partial charge in [-0.25, -0.2) is 0 Å². The molecule has 0 aliphatic heterocycles. The van der Waals surface area contributed by atoms with Gasteiger partial charge in [0.2, 0.25) is 0 Å². The van der Waals surface area contributed by atoms with E-state index in [1.165, 1.54) is 6.42 Å². The first-order valence-corrected chi connectivity index (χ1v) is 6.28. The molecule has 1 aliphatic carbocycles. The molecular formula is C14H21NO. The molecule has 2 nitrogen and oxygen atoms in total. The van der Waals surface area contributed by atoms with Crippen molar-refractivity contribution in [1.29, 1.82) is 0 Å². The van der Waals surface area contributed by atoms with Gasteiger partial charge in [0.15, 0.2) is 0 Å². The lowest BCUT2D eigenvalue weighted by molar-refractivity contribution is -0.0317. The Kier molecular flexibility index (Phi) is 3.62. The molecule has 0 amide bonds. The number of benzene rings is 1. The zero-order valence-electron chi connectivity index (χ0n) is 9.95. The predicted octanol–water partition coefficient (Wildman–Crippen LogP) is 2.43. The molecule has 2 atom stereocenters. The highest BCUT2D eigenvalue weighted by atomic mass is 16.3. The van der Waals surface area contributed by atoms with Crippen LogP contribution >= 0.6 is 0 Å². The van der Waals surface area contributed by atoms with Crippen molar-refractivity contribution in [3.05, 3.63) is 35.9 Å². The van der Waals surface area contributed by atoms with Gasteiger partial charge in [0, 0.05) is 6.04 Å². The van der Waals surface area contributed by atoms with Gasteiger partial charge in [0.25, 0.3) is 0 Å². The van der Waals surface area contributed by atoms with Crippen molar-refractivity contribution in [2.45, 2.75) is 44.2 Å². The predicted molar refractivity (Wildman–Crippen MR) is 66.3 cm³/mol. The summed E-state index contributed by atoms with van der Waals surface area (Å²) in [5.41, 5.74) is 0.385. The number of hydrogen-bond donors (Lipinski definition) is 2. The average molecular weight is 219 g/mol. The summed E-state index contributed by atoms with van der Waals surface area (Å²) in [6, 6.07) is 10.3. The molecule has 1 fully saturated rings. The fourth-order valence-corrected chi connectivity index (χ4v) is 2.75. The summed E-state index contributed by atoms with van der Waals surface area (Å²) in [4.78, 5) is 0. The van der Waals surface area contributed by atoms with Gasteiger partial charge < -0.3 is 10.4 Å². The molecule has 0 spiro atoms. The topological polar surface area (TPSA) is 32.3 Å². The number of rotatable bonds is 3. The quantitative estimate of drug-likeness (QED) is 0.818. The summed E-state index contributed by atoms with van der Waals surface area (Å²) in [7, 11) is 0. The van der Waals surface area contributed by atoms with Gasteiger partial charge in [0.1, 0.15) is 5.60 Å². The van der Waals surface area contributed by atoms with E-state index >= 15 is 0 Å². The Bertz CT molecular complexity index is 323. The minimum absolute atomic E-state index is 0.202. The molecule has 0 bridgehead atoms. The van der Waals surface area contributed by atoms with Crippen molar-refractivity contribution < 1.29 is 5.11 Å². The van der Waals surface area contributed by atoms with E-state index in [1.54, 1.807) is 0 Å². The van der Waals surface area contributed by atoms with Crippen LogP contribution in [0.15, 0.2) is 30.3 Å². The van der Waals surface area contributed by atoms with E-state index in [0.29, 0.717) is 0 Å². The summed E-state index contributed by atoms with van der Waals surface area (Å²) in [5.74, 6) is 0. The third-order valence-electron chi connectivity index (χ3n) is 3.60. The van der Waals surface area contributed by atoms with Gasteiger partial charge in [-0.15, -0.1) is 0 Å². The highest BCUT2D eigenvalue weighted by molar-refractivity contribution is 5.25. The van der Waals surface area contributed by atoms with E-state index in [0.717, 1.165) is 31.4 Å². The maximum absolute atomic E-state index is 10.9. The van der Waals surface area contributed by atoms with Gasteiger partial charge in [-0.1, -0.05) is 50.1 Å². The molecule has 16 heavy (non-hydrogen) atoms. The van der Waals surface area contributed by atoms with E-state index in [2.05, 4.69) is 12.2 Å². The van der Waals surface area contributed by atoms with E-state index in [1.807, 2.05) is 30.3 Å². The van der Waals surface area contributed by atoms with Crippen LogP contribution < -0.4 is 5.32 Å². The zero-order chi connectivity index (χ0) is 11.4. The Labute approximate surface area is 97.7 Å². The van der Waals surface area contributed by atoms with E-state index in [4.69, 9.17) is 0 Å². The van der Waals surface area contributed by atoms with Crippen LogP contribution in [0.5, 0.6) is 0 Å². The molecule has 0 aromatic heterocycles. The Morgan fingerprint density at radius 1 is 1.31 bits per heavy atom. The van der Waals surface area contributed by atoms with Crippen molar-refractivity contribution in [2.75, 3.05) is 6.54 Å². The lowest BCUT2D eigenvalue weighted by Crippen LogP contribution is -2.50. The third kappa shape index (κ3) is 2.13. The first kappa shape index (κ1) is 11.6. The first-order valence-electron chi connectivity index (χ1n) is 6.28. The molecule has 2 N–H and O–H groups in total. The van der Waals surface area contributed by atoms with Gasteiger partial charge in [-0.05, 0) is 24.9 Å². The lowest BCUT2D eigenvalue weighted by Gasteiger charge is -2.40. The minimum Gasteiger partial charge on any atom is -0.384 e. The average Bonchev–Trinajstić information content (AvgIpc) is 2.34. The van der Waals surface area contributed by atoms with Gasteiger partial charge in [-0.2, -0.15) is 0 Å². The van der Waals surface area contributed by atoms with E-state index < -0.39 is 5.60 Å². The van der Waals surface area contributed by atoms with Crippen molar-refractivity contribution in [1.82, 2.24) is 5.32 Å². The molecular weight excluding hydrogens is 198 g/mol. The Morgan fingerprint density at radius 3 is 2.75 bits per heavy atom. The number of likely N-dealkylation sites (N-methyl/N-ethyl adjacent to an activating group) is 1. The molecule has 1 aromatic carbocycles. The number of hydrogen-bond acceptors (Lipinski definition) is 2. The molecule has 2 rings (SSSR count). The van der Waals surface area contributed by atoms with Gasteiger partial charge in [0.05, 0.1) is 0 Å². The van der Waals surface area contributed by atoms with Crippen molar-refractivity contribution in [2.24, 2.45) is 0 Å². The summed E-state index contributed by atoms with van der Waals surface area (Å²) >= 11 is 0. The molecule has 0 heterocycles. The second-order valence-electron chi connectivity index (χ2n) is 4.65. The molecule has 0 unspecified atom stereocenters. The largest absolute Gasteiger partial charge is 0.384 e. The van der Waals surface area contributed by atoms with Crippen molar-refractivity contribution in [3.63, 3.8) is 0 Å².